The number of aliphatic hydroxyl groups excluding tert-OH is 1. The van der Waals surface area contributed by atoms with Crippen LogP contribution in [-0.4, -0.2) is 28.6 Å². The third-order valence-electron chi connectivity index (χ3n) is 4.30. The van der Waals surface area contributed by atoms with Crippen LogP contribution in [0, 0.1) is 0 Å². The Bertz CT molecular complexity index is 894. The van der Waals surface area contributed by atoms with Gasteiger partial charge in [0.25, 0.3) is 0 Å². The maximum Gasteiger partial charge on any atom is 0.416 e. The summed E-state index contributed by atoms with van der Waals surface area (Å²) in [4.78, 5) is 20.9. The summed E-state index contributed by atoms with van der Waals surface area (Å²) < 4.78 is 38.0. The van der Waals surface area contributed by atoms with E-state index >= 15 is 0 Å². The first kappa shape index (κ1) is 18.7. The summed E-state index contributed by atoms with van der Waals surface area (Å²) >= 11 is 0. The fourth-order valence-electron chi connectivity index (χ4n) is 2.94. The molecule has 0 spiro atoms. The largest absolute Gasteiger partial charge is 0.416 e. The first-order valence-electron chi connectivity index (χ1n) is 7.97. The van der Waals surface area contributed by atoms with Gasteiger partial charge in [-0.25, -0.2) is 4.98 Å². The molecule has 0 aliphatic carbocycles. The SMILES string of the molecule is [N-]=[N+]=N[C@H](C(=O)N1CCc2cccnc21)[C@H](O)c1ccc(C(F)(F)F)cc1. The van der Waals surface area contributed by atoms with Crippen molar-refractivity contribution in [2.75, 3.05) is 11.4 Å². The normalized spacial score (nSPS) is 15.6. The highest BCUT2D eigenvalue weighted by molar-refractivity contribution is 5.98. The number of fused-ring (bicyclic) bond motifs is 1. The first-order valence-corrected chi connectivity index (χ1v) is 7.97. The molecule has 1 aromatic carbocycles. The van der Waals surface area contributed by atoms with Crippen molar-refractivity contribution in [3.05, 3.63) is 69.7 Å². The van der Waals surface area contributed by atoms with Crippen LogP contribution >= 0.6 is 0 Å². The molecule has 1 amide bonds. The fourth-order valence-corrected chi connectivity index (χ4v) is 2.94. The van der Waals surface area contributed by atoms with E-state index in [0.717, 1.165) is 29.8 Å². The number of nitrogens with zero attached hydrogens (tertiary/aromatic N) is 5. The van der Waals surface area contributed by atoms with Gasteiger partial charge in [0.1, 0.15) is 11.9 Å². The van der Waals surface area contributed by atoms with Crippen molar-refractivity contribution in [3.63, 3.8) is 0 Å². The molecule has 140 valence electrons. The van der Waals surface area contributed by atoms with Crippen molar-refractivity contribution in [3.8, 4) is 0 Å². The van der Waals surface area contributed by atoms with Crippen LogP contribution < -0.4 is 4.90 Å². The van der Waals surface area contributed by atoms with E-state index in [9.17, 15) is 23.1 Å². The average Bonchev–Trinajstić information content (AvgIpc) is 3.08. The minimum absolute atomic E-state index is 0.0363. The molecule has 27 heavy (non-hydrogen) atoms. The number of carbonyl (C=O) groups excluding carboxylic acids is 1. The molecule has 3 rings (SSSR count). The van der Waals surface area contributed by atoms with E-state index in [1.807, 2.05) is 6.07 Å². The van der Waals surface area contributed by atoms with Gasteiger partial charge in [-0.15, -0.1) is 0 Å². The highest BCUT2D eigenvalue weighted by Crippen LogP contribution is 2.32. The fraction of sp³-hybridized carbons (Fsp3) is 0.294. The van der Waals surface area contributed by atoms with Crippen LogP contribution in [0.2, 0.25) is 0 Å². The van der Waals surface area contributed by atoms with Crippen molar-refractivity contribution in [2.45, 2.75) is 24.7 Å². The molecule has 2 aromatic rings. The highest BCUT2D eigenvalue weighted by Gasteiger charge is 2.36. The quantitative estimate of drug-likeness (QED) is 0.502. The summed E-state index contributed by atoms with van der Waals surface area (Å²) in [6, 6.07) is 5.71. The lowest BCUT2D eigenvalue weighted by Gasteiger charge is -2.24. The van der Waals surface area contributed by atoms with E-state index in [1.54, 1.807) is 6.07 Å². The molecule has 1 aliphatic heterocycles. The molecule has 0 saturated heterocycles. The third-order valence-corrected chi connectivity index (χ3v) is 4.30. The molecule has 0 saturated carbocycles. The van der Waals surface area contributed by atoms with E-state index in [1.165, 1.54) is 11.1 Å². The van der Waals surface area contributed by atoms with Crippen molar-refractivity contribution < 1.29 is 23.1 Å². The minimum atomic E-state index is -4.52. The molecule has 0 unspecified atom stereocenters. The molecular weight excluding hydrogens is 363 g/mol. The number of carbonyl (C=O) groups is 1. The van der Waals surface area contributed by atoms with Crippen molar-refractivity contribution in [2.24, 2.45) is 5.11 Å². The number of amides is 1. The van der Waals surface area contributed by atoms with Crippen molar-refractivity contribution in [1.29, 1.82) is 0 Å². The van der Waals surface area contributed by atoms with Crippen molar-refractivity contribution >= 4 is 11.7 Å². The Kier molecular flexibility index (Phi) is 5.02. The van der Waals surface area contributed by atoms with Gasteiger partial charge < -0.3 is 5.11 Å². The van der Waals surface area contributed by atoms with E-state index in [4.69, 9.17) is 5.53 Å². The predicted molar refractivity (Wildman–Crippen MR) is 89.6 cm³/mol. The zero-order valence-electron chi connectivity index (χ0n) is 13.8. The second-order valence-electron chi connectivity index (χ2n) is 5.94. The number of pyridine rings is 1. The lowest BCUT2D eigenvalue weighted by molar-refractivity contribution is -0.137. The van der Waals surface area contributed by atoms with Gasteiger partial charge in [-0.2, -0.15) is 13.2 Å². The number of azide groups is 1. The van der Waals surface area contributed by atoms with Gasteiger partial charge in [-0.1, -0.05) is 23.3 Å². The van der Waals surface area contributed by atoms with Crippen LogP contribution in [0.3, 0.4) is 0 Å². The molecule has 1 N–H and O–H groups in total. The summed E-state index contributed by atoms with van der Waals surface area (Å²) in [5.74, 6) is -0.252. The van der Waals surface area contributed by atoms with Crippen LogP contribution in [0.4, 0.5) is 19.0 Å². The second kappa shape index (κ2) is 7.26. The smallest absolute Gasteiger partial charge is 0.387 e. The van der Waals surface area contributed by atoms with Gasteiger partial charge in [0, 0.05) is 17.7 Å². The molecule has 2 atom stereocenters. The molecule has 10 heteroatoms. The Balaban J connectivity index is 1.87. The number of rotatable bonds is 4. The number of halogens is 3. The molecular formula is C17H14F3N5O2. The zero-order valence-corrected chi connectivity index (χ0v) is 13.8. The lowest BCUT2D eigenvalue weighted by atomic mass is 10.0. The molecule has 2 heterocycles. The third kappa shape index (κ3) is 3.71. The van der Waals surface area contributed by atoms with Gasteiger partial charge >= 0.3 is 6.18 Å². The van der Waals surface area contributed by atoms with E-state index in [2.05, 4.69) is 15.0 Å². The van der Waals surface area contributed by atoms with Gasteiger partial charge in [0.2, 0.25) is 5.91 Å². The Morgan fingerprint density at radius 3 is 2.63 bits per heavy atom. The summed E-state index contributed by atoms with van der Waals surface area (Å²) in [6.45, 7) is 0.308. The van der Waals surface area contributed by atoms with Crippen LogP contribution in [0.5, 0.6) is 0 Å². The number of hydrogen-bond donors (Lipinski definition) is 1. The van der Waals surface area contributed by atoms with Crippen LogP contribution in [-0.2, 0) is 17.4 Å². The molecule has 7 nitrogen and oxygen atoms in total. The van der Waals surface area contributed by atoms with Crippen LogP contribution in [0.25, 0.3) is 10.4 Å². The average molecular weight is 377 g/mol. The van der Waals surface area contributed by atoms with Crippen LogP contribution in [0.15, 0.2) is 47.7 Å². The monoisotopic (exact) mass is 377 g/mol. The summed E-state index contributed by atoms with van der Waals surface area (Å²) in [5, 5.41) is 13.8. The Morgan fingerprint density at radius 1 is 1.30 bits per heavy atom. The van der Waals surface area contributed by atoms with Gasteiger partial charge in [0.15, 0.2) is 0 Å². The standard InChI is InChI=1S/C17H14F3N5O2/c18-17(19,20)12-5-3-10(4-6-12)14(26)13(23-24-21)16(27)25-9-7-11-2-1-8-22-15(11)25/h1-6,8,13-14,26H,7,9H2/t13-,14+/m0/s1. The van der Waals surface area contributed by atoms with Gasteiger partial charge in [0.05, 0.1) is 11.7 Å². The first-order chi connectivity index (χ1) is 12.8. The molecule has 0 radical (unpaired) electrons. The number of aromatic nitrogens is 1. The predicted octanol–water partition coefficient (Wildman–Crippen LogP) is 3.40. The van der Waals surface area contributed by atoms with Gasteiger partial charge in [-0.3, -0.25) is 9.69 Å². The molecule has 0 fully saturated rings. The molecule has 1 aliphatic rings. The molecule has 0 bridgehead atoms. The minimum Gasteiger partial charge on any atom is -0.387 e. The maximum absolute atomic E-state index is 12.8. The lowest BCUT2D eigenvalue weighted by Crippen LogP contribution is -2.40. The Hall–Kier alpha value is -3.10. The number of hydrogen-bond acceptors (Lipinski definition) is 4. The van der Waals surface area contributed by atoms with Crippen molar-refractivity contribution in [1.82, 2.24) is 4.98 Å². The topological polar surface area (TPSA) is 102 Å². The number of alkyl halides is 3. The van der Waals surface area contributed by atoms with E-state index in [0.29, 0.717) is 18.8 Å². The summed E-state index contributed by atoms with van der Waals surface area (Å²) in [5.41, 5.74) is 8.77. The maximum atomic E-state index is 12.8. The second-order valence-corrected chi connectivity index (χ2v) is 5.94. The Labute approximate surface area is 151 Å². The van der Waals surface area contributed by atoms with Gasteiger partial charge in [-0.05, 0) is 41.3 Å². The number of benzene rings is 1. The molecule has 1 aromatic heterocycles. The highest BCUT2D eigenvalue weighted by atomic mass is 19.4. The zero-order chi connectivity index (χ0) is 19.6. The summed E-state index contributed by atoms with van der Waals surface area (Å²) in [6.07, 6.45) is -4.04. The number of anilines is 1. The van der Waals surface area contributed by atoms with Crippen LogP contribution in [0.1, 0.15) is 22.8 Å². The van der Waals surface area contributed by atoms with E-state index in [-0.39, 0.29) is 5.56 Å². The van der Waals surface area contributed by atoms with E-state index < -0.39 is 29.8 Å². The number of aliphatic hydroxyl groups is 1. The Morgan fingerprint density at radius 2 is 2.00 bits per heavy atom. The summed E-state index contributed by atoms with van der Waals surface area (Å²) in [7, 11) is 0.